The molecule has 1 aromatic heterocycles. The first-order valence-corrected chi connectivity index (χ1v) is 7.25. The maximum atomic E-state index is 11.6. The minimum absolute atomic E-state index is 0.0439. The Labute approximate surface area is 116 Å². The zero-order valence-corrected chi connectivity index (χ0v) is 11.3. The summed E-state index contributed by atoms with van der Waals surface area (Å²) in [6, 6.07) is 0.0439. The zero-order valence-electron chi connectivity index (χ0n) is 9.70. The number of hydrogen-bond acceptors (Lipinski definition) is 7. The van der Waals surface area contributed by atoms with Gasteiger partial charge in [-0.2, -0.15) is 0 Å². The van der Waals surface area contributed by atoms with E-state index in [4.69, 9.17) is 5.73 Å². The van der Waals surface area contributed by atoms with Crippen molar-refractivity contribution in [1.82, 2.24) is 15.1 Å². The number of nitrogen functional groups attached to an aromatic ring is 1. The van der Waals surface area contributed by atoms with E-state index in [0.29, 0.717) is 27.2 Å². The summed E-state index contributed by atoms with van der Waals surface area (Å²) in [5.74, 6) is -1.20. The summed E-state index contributed by atoms with van der Waals surface area (Å²) >= 11 is 2.44. The summed E-state index contributed by atoms with van der Waals surface area (Å²) < 4.78 is 0.595. The van der Waals surface area contributed by atoms with E-state index in [1.54, 1.807) is 0 Å². The first-order chi connectivity index (χ1) is 9.06. The van der Waals surface area contributed by atoms with Crippen LogP contribution in [0.4, 0.5) is 5.13 Å². The minimum Gasteiger partial charge on any atom is -0.477 e. The number of nitrogens with two attached hydrogens (primary N) is 1. The molecule has 0 radical (unpaired) electrons. The number of β-lactam (4-membered cyclic amide) rings is 1. The van der Waals surface area contributed by atoms with Crippen molar-refractivity contribution in [2.45, 2.75) is 29.6 Å². The molecule has 1 atom stereocenters. The number of hydrogen-bond donors (Lipinski definition) is 2. The molecule has 19 heavy (non-hydrogen) atoms. The molecule has 100 valence electrons. The van der Waals surface area contributed by atoms with Gasteiger partial charge in [-0.25, -0.2) is 4.79 Å². The third-order valence-electron chi connectivity index (χ3n) is 3.09. The van der Waals surface area contributed by atoms with Gasteiger partial charge < -0.3 is 15.7 Å². The summed E-state index contributed by atoms with van der Waals surface area (Å²) in [4.78, 5) is 25.0. The third-order valence-corrected chi connectivity index (χ3v) is 5.04. The third kappa shape index (κ3) is 2.08. The van der Waals surface area contributed by atoms with Gasteiger partial charge in [0.15, 0.2) is 4.34 Å². The number of allylic oxidation sites excluding steroid dienone is 1. The van der Waals surface area contributed by atoms with E-state index in [1.807, 2.05) is 0 Å². The number of rotatable bonds is 3. The van der Waals surface area contributed by atoms with E-state index in [0.717, 1.165) is 6.42 Å². The van der Waals surface area contributed by atoms with E-state index < -0.39 is 5.97 Å². The van der Waals surface area contributed by atoms with Crippen LogP contribution in [-0.2, 0) is 9.59 Å². The van der Waals surface area contributed by atoms with Crippen molar-refractivity contribution in [3.05, 3.63) is 10.6 Å². The quantitative estimate of drug-likeness (QED) is 0.798. The molecule has 2 aliphatic heterocycles. The van der Waals surface area contributed by atoms with E-state index in [9.17, 15) is 14.7 Å². The van der Waals surface area contributed by atoms with Crippen LogP contribution in [0, 0.1) is 0 Å². The number of carbonyl (C=O) groups excluding carboxylic acids is 1. The second-order valence-corrected chi connectivity index (χ2v) is 6.60. The van der Waals surface area contributed by atoms with Crippen molar-refractivity contribution in [3.8, 4) is 0 Å². The molecule has 1 fully saturated rings. The van der Waals surface area contributed by atoms with Crippen molar-refractivity contribution < 1.29 is 14.7 Å². The van der Waals surface area contributed by atoms with Gasteiger partial charge in [-0.15, -0.1) is 10.2 Å². The van der Waals surface area contributed by atoms with Gasteiger partial charge in [0.1, 0.15) is 5.70 Å². The Bertz CT molecular complexity index is 597. The van der Waals surface area contributed by atoms with Gasteiger partial charge in [0.25, 0.3) is 0 Å². The number of anilines is 1. The van der Waals surface area contributed by atoms with Crippen molar-refractivity contribution in [1.29, 1.82) is 0 Å². The molecule has 0 spiro atoms. The minimum atomic E-state index is -1.07. The van der Waals surface area contributed by atoms with Crippen LogP contribution in [0.1, 0.15) is 19.3 Å². The second kappa shape index (κ2) is 4.49. The van der Waals surface area contributed by atoms with Crippen LogP contribution >= 0.6 is 23.1 Å². The molecule has 1 saturated heterocycles. The Morgan fingerprint density at radius 2 is 2.32 bits per heavy atom. The monoisotopic (exact) mass is 298 g/mol. The second-order valence-electron chi connectivity index (χ2n) is 4.25. The van der Waals surface area contributed by atoms with E-state index in [2.05, 4.69) is 10.2 Å². The van der Waals surface area contributed by atoms with Gasteiger partial charge in [0, 0.05) is 17.4 Å². The molecule has 1 amide bonds. The number of thioether (sulfide) groups is 1. The van der Waals surface area contributed by atoms with Crippen LogP contribution in [-0.4, -0.2) is 38.1 Å². The number of carboxylic acids is 1. The summed E-state index contributed by atoms with van der Waals surface area (Å²) in [5, 5.41) is 17.2. The number of fused-ring (bicyclic) bond motifs is 1. The predicted octanol–water partition coefficient (Wildman–Crippen LogP) is 0.903. The van der Waals surface area contributed by atoms with Crippen LogP contribution in [0.15, 0.2) is 14.9 Å². The van der Waals surface area contributed by atoms with Crippen LogP contribution in [0.3, 0.4) is 0 Å². The van der Waals surface area contributed by atoms with Crippen LogP contribution in [0.25, 0.3) is 0 Å². The molecule has 7 nitrogen and oxygen atoms in total. The Kier molecular flexibility index (Phi) is 2.94. The predicted molar refractivity (Wildman–Crippen MR) is 69.3 cm³/mol. The molecule has 0 saturated carbocycles. The number of carboxylic acid groups (broad SMARTS) is 1. The normalized spacial score (nSPS) is 22.2. The molecule has 0 bridgehead atoms. The summed E-state index contributed by atoms with van der Waals surface area (Å²) in [6.07, 6.45) is 1.87. The molecule has 3 rings (SSSR count). The van der Waals surface area contributed by atoms with Crippen molar-refractivity contribution in [3.63, 3.8) is 0 Å². The smallest absolute Gasteiger partial charge is 0.353 e. The lowest BCUT2D eigenvalue weighted by Gasteiger charge is -2.44. The number of aromatic nitrogens is 2. The van der Waals surface area contributed by atoms with E-state index in [1.165, 1.54) is 28.0 Å². The highest BCUT2D eigenvalue weighted by molar-refractivity contribution is 8.04. The molecule has 9 heteroatoms. The topological polar surface area (TPSA) is 109 Å². The zero-order chi connectivity index (χ0) is 13.6. The fourth-order valence-corrected chi connectivity index (χ4v) is 4.12. The van der Waals surface area contributed by atoms with Crippen LogP contribution in [0.2, 0.25) is 0 Å². The molecule has 2 aliphatic rings. The van der Waals surface area contributed by atoms with E-state index >= 15 is 0 Å². The molecule has 3 N–H and O–H groups in total. The van der Waals surface area contributed by atoms with Crippen molar-refractivity contribution in [2.24, 2.45) is 0 Å². The molecular weight excluding hydrogens is 288 g/mol. The number of aliphatic carboxylic acids is 1. The van der Waals surface area contributed by atoms with Gasteiger partial charge >= 0.3 is 5.97 Å². The van der Waals surface area contributed by atoms with Gasteiger partial charge in [-0.05, 0) is 12.8 Å². The van der Waals surface area contributed by atoms with Gasteiger partial charge in [-0.3, -0.25) is 4.79 Å². The molecule has 0 aromatic carbocycles. The highest BCUT2D eigenvalue weighted by atomic mass is 32.2. The number of nitrogens with zero attached hydrogens (tertiary/aromatic N) is 3. The van der Waals surface area contributed by atoms with Gasteiger partial charge in [-0.1, -0.05) is 23.1 Å². The van der Waals surface area contributed by atoms with Gasteiger partial charge in [0.05, 0.1) is 0 Å². The lowest BCUT2D eigenvalue weighted by molar-refractivity contribution is -0.150. The lowest BCUT2D eigenvalue weighted by atomic mass is 9.91. The maximum Gasteiger partial charge on any atom is 0.353 e. The summed E-state index contributed by atoms with van der Waals surface area (Å²) in [7, 11) is 0. The molecule has 1 aromatic rings. The average molecular weight is 298 g/mol. The SMILES string of the molecule is Nc1nnc(SC2=C(C(=O)O)N3C(=O)C[C@H]3CC2)s1. The Morgan fingerprint density at radius 1 is 1.53 bits per heavy atom. The lowest BCUT2D eigenvalue weighted by Crippen LogP contribution is -2.55. The Balaban J connectivity index is 1.93. The van der Waals surface area contributed by atoms with Crippen LogP contribution < -0.4 is 5.73 Å². The molecule has 3 heterocycles. The Morgan fingerprint density at radius 3 is 2.89 bits per heavy atom. The van der Waals surface area contributed by atoms with E-state index in [-0.39, 0.29) is 17.6 Å². The Hall–Kier alpha value is -1.61. The van der Waals surface area contributed by atoms with Crippen LogP contribution in [0.5, 0.6) is 0 Å². The number of amides is 1. The fraction of sp³-hybridized carbons (Fsp3) is 0.400. The fourth-order valence-electron chi connectivity index (χ4n) is 2.26. The molecule has 0 aliphatic carbocycles. The maximum absolute atomic E-state index is 11.6. The van der Waals surface area contributed by atoms with Crippen molar-refractivity contribution >= 4 is 40.1 Å². The first-order valence-electron chi connectivity index (χ1n) is 5.61. The summed E-state index contributed by atoms with van der Waals surface area (Å²) in [5.41, 5.74) is 5.58. The first kappa shape index (κ1) is 12.4. The average Bonchev–Trinajstić information content (AvgIpc) is 2.74. The standard InChI is InChI=1S/C10H10N4O3S2/c11-9-12-13-10(19-9)18-5-2-1-4-3-6(15)14(4)7(5)8(16)17/h4H,1-3H2,(H2,11,12)(H,16,17)/t4-/m1/s1. The molecular formula is C10H10N4O3S2. The molecule has 0 unspecified atom stereocenters. The highest BCUT2D eigenvalue weighted by Gasteiger charge is 2.44. The number of carbonyl (C=O) groups is 2. The largest absolute Gasteiger partial charge is 0.477 e. The van der Waals surface area contributed by atoms with Crippen molar-refractivity contribution in [2.75, 3.05) is 5.73 Å². The van der Waals surface area contributed by atoms with Gasteiger partial charge in [0.2, 0.25) is 11.0 Å². The summed E-state index contributed by atoms with van der Waals surface area (Å²) in [6.45, 7) is 0. The highest BCUT2D eigenvalue weighted by Crippen LogP contribution is 2.43.